The number of piperidine rings is 1. The average molecular weight is 418 g/mol. The first kappa shape index (κ1) is 21.5. The van der Waals surface area contributed by atoms with Crippen LogP contribution in [0.4, 0.5) is 0 Å². The van der Waals surface area contributed by atoms with Gasteiger partial charge < -0.3 is 15.3 Å². The normalized spacial score (nSPS) is 22.5. The summed E-state index contributed by atoms with van der Waals surface area (Å²) >= 11 is 0. The van der Waals surface area contributed by atoms with Gasteiger partial charge in [-0.2, -0.15) is 5.26 Å². The first-order chi connectivity index (χ1) is 15.1. The van der Waals surface area contributed by atoms with Crippen LogP contribution in [-0.2, 0) is 6.42 Å². The monoisotopic (exact) mass is 417 g/mol. The van der Waals surface area contributed by atoms with Gasteiger partial charge in [-0.05, 0) is 67.4 Å². The number of carboxylic acids is 1. The summed E-state index contributed by atoms with van der Waals surface area (Å²) in [7, 11) is 0. The number of nitrogens with one attached hydrogen (secondary N) is 1. The molecule has 2 atom stereocenters. The molecular formula is C26H31N3O2. The zero-order chi connectivity index (χ0) is 21.7. The Morgan fingerprint density at radius 2 is 1.94 bits per heavy atom. The third-order valence-corrected chi connectivity index (χ3v) is 6.97. The summed E-state index contributed by atoms with van der Waals surface area (Å²) in [6, 6.07) is 20.9. The molecule has 2 unspecified atom stereocenters. The summed E-state index contributed by atoms with van der Waals surface area (Å²) in [5.74, 6) is -0.270. The van der Waals surface area contributed by atoms with Crippen LogP contribution in [0.2, 0.25) is 0 Å². The van der Waals surface area contributed by atoms with E-state index < -0.39 is 5.97 Å². The molecule has 0 spiro atoms. The number of nitriles is 1. The molecule has 5 heteroatoms. The standard InChI is InChI=1S/C26H31N3O2/c27-12-5-13-29-14-10-26(11-15-29,18-20-6-4-9-22(16-20)25(30)31)19-28-24-17-23(24)21-7-2-1-3-8-21/h1-4,6-9,16,23-24,28H,5,10-11,13-15,17-19H2,(H,30,31). The lowest BCUT2D eigenvalue weighted by molar-refractivity contribution is 0.0696. The van der Waals surface area contributed by atoms with Crippen LogP contribution >= 0.6 is 0 Å². The van der Waals surface area contributed by atoms with Crippen molar-refractivity contribution < 1.29 is 9.90 Å². The lowest BCUT2D eigenvalue weighted by Crippen LogP contribution is -2.47. The lowest BCUT2D eigenvalue weighted by atomic mass is 9.73. The molecule has 2 fully saturated rings. The molecule has 1 heterocycles. The van der Waals surface area contributed by atoms with E-state index in [1.807, 2.05) is 12.1 Å². The van der Waals surface area contributed by atoms with Crippen LogP contribution in [0.3, 0.4) is 0 Å². The number of benzene rings is 2. The van der Waals surface area contributed by atoms with E-state index in [0.717, 1.165) is 51.0 Å². The largest absolute Gasteiger partial charge is 0.478 e. The minimum atomic E-state index is -0.871. The maximum absolute atomic E-state index is 11.4. The summed E-state index contributed by atoms with van der Waals surface area (Å²) in [6.07, 6.45) is 4.77. The van der Waals surface area contributed by atoms with Crippen LogP contribution in [0.25, 0.3) is 0 Å². The van der Waals surface area contributed by atoms with E-state index >= 15 is 0 Å². The van der Waals surface area contributed by atoms with Crippen LogP contribution in [0, 0.1) is 16.7 Å². The fourth-order valence-corrected chi connectivity index (χ4v) is 4.96. The van der Waals surface area contributed by atoms with E-state index in [9.17, 15) is 9.90 Å². The van der Waals surface area contributed by atoms with Crippen molar-refractivity contribution >= 4 is 5.97 Å². The summed E-state index contributed by atoms with van der Waals surface area (Å²) < 4.78 is 0. The smallest absolute Gasteiger partial charge is 0.335 e. The summed E-state index contributed by atoms with van der Waals surface area (Å²) in [6.45, 7) is 3.78. The van der Waals surface area contributed by atoms with E-state index in [2.05, 4.69) is 52.7 Å². The molecule has 2 aromatic carbocycles. The second-order valence-electron chi connectivity index (χ2n) is 9.17. The van der Waals surface area contributed by atoms with E-state index in [1.165, 1.54) is 12.0 Å². The molecule has 31 heavy (non-hydrogen) atoms. The van der Waals surface area contributed by atoms with Crippen molar-refractivity contribution in [3.63, 3.8) is 0 Å². The Labute approximate surface area is 184 Å². The van der Waals surface area contributed by atoms with Crippen LogP contribution in [0.5, 0.6) is 0 Å². The number of likely N-dealkylation sites (tertiary alicyclic amines) is 1. The lowest BCUT2D eigenvalue weighted by Gasteiger charge is -2.42. The maximum atomic E-state index is 11.4. The van der Waals surface area contributed by atoms with Gasteiger partial charge in [0.15, 0.2) is 0 Å². The Kier molecular flexibility index (Phi) is 6.70. The van der Waals surface area contributed by atoms with Gasteiger partial charge in [0, 0.05) is 31.5 Å². The molecular weight excluding hydrogens is 386 g/mol. The Morgan fingerprint density at radius 1 is 1.16 bits per heavy atom. The van der Waals surface area contributed by atoms with E-state index in [4.69, 9.17) is 5.26 Å². The molecule has 162 valence electrons. The molecule has 1 saturated carbocycles. The highest BCUT2D eigenvalue weighted by molar-refractivity contribution is 5.87. The number of hydrogen-bond acceptors (Lipinski definition) is 4. The highest BCUT2D eigenvalue weighted by atomic mass is 16.4. The van der Waals surface area contributed by atoms with Gasteiger partial charge in [-0.3, -0.25) is 0 Å². The Balaban J connectivity index is 1.43. The second-order valence-corrected chi connectivity index (χ2v) is 9.17. The third-order valence-electron chi connectivity index (χ3n) is 6.97. The summed E-state index contributed by atoms with van der Waals surface area (Å²) in [4.78, 5) is 13.8. The van der Waals surface area contributed by atoms with E-state index in [0.29, 0.717) is 23.9 Å². The van der Waals surface area contributed by atoms with Crippen molar-refractivity contribution in [2.75, 3.05) is 26.2 Å². The SMILES string of the molecule is N#CCCN1CCC(CNC2CC2c2ccccc2)(Cc2cccc(C(=O)O)c2)CC1. The molecule has 2 aromatic rings. The molecule has 0 radical (unpaired) electrons. The molecule has 5 nitrogen and oxygen atoms in total. The molecule has 2 aliphatic rings. The summed E-state index contributed by atoms with van der Waals surface area (Å²) in [5.41, 5.74) is 2.99. The quantitative estimate of drug-likeness (QED) is 0.643. The van der Waals surface area contributed by atoms with Gasteiger partial charge in [0.05, 0.1) is 11.6 Å². The number of carboxylic acid groups (broad SMARTS) is 1. The van der Waals surface area contributed by atoms with E-state index in [1.54, 1.807) is 6.07 Å². The van der Waals surface area contributed by atoms with Gasteiger partial charge in [0.1, 0.15) is 0 Å². The van der Waals surface area contributed by atoms with Gasteiger partial charge in [-0.15, -0.1) is 0 Å². The number of aromatic carboxylic acids is 1. The molecule has 4 rings (SSSR count). The van der Waals surface area contributed by atoms with Crippen molar-refractivity contribution in [2.24, 2.45) is 5.41 Å². The first-order valence-electron chi connectivity index (χ1n) is 11.3. The third kappa shape index (κ3) is 5.52. The minimum Gasteiger partial charge on any atom is -0.478 e. The molecule has 0 bridgehead atoms. The molecule has 1 aliphatic carbocycles. The zero-order valence-corrected chi connectivity index (χ0v) is 18.0. The fraction of sp³-hybridized carbons (Fsp3) is 0.462. The van der Waals surface area contributed by atoms with Crippen molar-refractivity contribution in [1.29, 1.82) is 5.26 Å². The highest BCUT2D eigenvalue weighted by Gasteiger charge is 2.41. The van der Waals surface area contributed by atoms with Gasteiger partial charge in [-0.25, -0.2) is 4.79 Å². The zero-order valence-electron chi connectivity index (χ0n) is 18.0. The Bertz CT molecular complexity index is 929. The Hall–Kier alpha value is -2.68. The van der Waals surface area contributed by atoms with Crippen LogP contribution in [0.15, 0.2) is 54.6 Å². The van der Waals surface area contributed by atoms with Crippen molar-refractivity contribution in [3.8, 4) is 6.07 Å². The number of hydrogen-bond donors (Lipinski definition) is 2. The van der Waals surface area contributed by atoms with Gasteiger partial charge in [0.25, 0.3) is 0 Å². The molecule has 1 aliphatic heterocycles. The van der Waals surface area contributed by atoms with Gasteiger partial charge >= 0.3 is 5.97 Å². The van der Waals surface area contributed by atoms with Gasteiger partial charge in [-0.1, -0.05) is 42.5 Å². The molecule has 2 N–H and O–H groups in total. The topological polar surface area (TPSA) is 76.4 Å². The number of nitrogens with zero attached hydrogens (tertiary/aromatic N) is 2. The number of rotatable bonds is 9. The average Bonchev–Trinajstić information content (AvgIpc) is 3.58. The van der Waals surface area contributed by atoms with Crippen molar-refractivity contribution in [3.05, 3.63) is 71.3 Å². The molecule has 0 amide bonds. The molecule has 0 aromatic heterocycles. The van der Waals surface area contributed by atoms with Crippen molar-refractivity contribution in [1.82, 2.24) is 10.2 Å². The van der Waals surface area contributed by atoms with Crippen molar-refractivity contribution in [2.45, 2.75) is 44.1 Å². The van der Waals surface area contributed by atoms with E-state index in [-0.39, 0.29) is 5.41 Å². The van der Waals surface area contributed by atoms with Crippen LogP contribution in [-0.4, -0.2) is 48.2 Å². The highest BCUT2D eigenvalue weighted by Crippen LogP contribution is 2.42. The Morgan fingerprint density at radius 3 is 2.65 bits per heavy atom. The fourth-order valence-electron chi connectivity index (χ4n) is 4.96. The van der Waals surface area contributed by atoms with Crippen LogP contribution < -0.4 is 5.32 Å². The maximum Gasteiger partial charge on any atom is 0.335 e. The molecule has 1 saturated heterocycles. The second kappa shape index (κ2) is 9.64. The predicted molar refractivity (Wildman–Crippen MR) is 121 cm³/mol. The summed E-state index contributed by atoms with van der Waals surface area (Å²) in [5, 5.41) is 22.1. The van der Waals surface area contributed by atoms with Gasteiger partial charge in [0.2, 0.25) is 0 Å². The number of carbonyl (C=O) groups is 1. The predicted octanol–water partition coefficient (Wildman–Crippen LogP) is 4.07. The van der Waals surface area contributed by atoms with Crippen LogP contribution in [0.1, 0.15) is 53.1 Å². The first-order valence-corrected chi connectivity index (χ1v) is 11.3. The minimum absolute atomic E-state index is 0.115.